The van der Waals surface area contributed by atoms with Gasteiger partial charge in [0.2, 0.25) is 0 Å². The lowest BCUT2D eigenvalue weighted by Gasteiger charge is -2.15. The van der Waals surface area contributed by atoms with Gasteiger partial charge in [0.1, 0.15) is 11.6 Å². The number of aromatic nitrogens is 1. The molecule has 20 heavy (non-hydrogen) atoms. The van der Waals surface area contributed by atoms with Crippen LogP contribution in [0.15, 0.2) is 30.5 Å². The van der Waals surface area contributed by atoms with E-state index in [1.54, 1.807) is 25.1 Å². The summed E-state index contributed by atoms with van der Waals surface area (Å²) >= 11 is 0. The van der Waals surface area contributed by atoms with Crippen LogP contribution in [0.4, 0.5) is 11.4 Å². The van der Waals surface area contributed by atoms with E-state index in [0.29, 0.717) is 17.5 Å². The molecule has 104 valence electrons. The molecule has 0 amide bonds. The molecule has 1 atom stereocenters. The van der Waals surface area contributed by atoms with Gasteiger partial charge < -0.3 is 10.4 Å². The number of aliphatic carboxylic acids is 1. The van der Waals surface area contributed by atoms with Crippen molar-refractivity contribution < 1.29 is 14.8 Å². The van der Waals surface area contributed by atoms with Crippen molar-refractivity contribution in [3.63, 3.8) is 0 Å². The molecule has 0 aliphatic carbocycles. The minimum atomic E-state index is -0.970. The summed E-state index contributed by atoms with van der Waals surface area (Å²) in [7, 11) is 0. The zero-order chi connectivity index (χ0) is 14.7. The number of anilines is 1. The van der Waals surface area contributed by atoms with Crippen molar-refractivity contribution in [2.45, 2.75) is 19.4 Å². The molecule has 1 aromatic heterocycles. The second-order valence-electron chi connectivity index (χ2n) is 4.23. The van der Waals surface area contributed by atoms with E-state index in [0.717, 1.165) is 0 Å². The Bertz CT molecular complexity index is 672. The molecule has 2 rings (SSSR count). The Balaban J connectivity index is 2.53. The quantitative estimate of drug-likeness (QED) is 0.641. The fourth-order valence-electron chi connectivity index (χ4n) is 1.96. The third-order valence-electron chi connectivity index (χ3n) is 2.98. The van der Waals surface area contributed by atoms with Gasteiger partial charge in [0.15, 0.2) is 0 Å². The first-order valence-corrected chi connectivity index (χ1v) is 6.06. The van der Waals surface area contributed by atoms with Crippen LogP contribution in [0.1, 0.15) is 13.3 Å². The van der Waals surface area contributed by atoms with E-state index in [-0.39, 0.29) is 11.2 Å². The largest absolute Gasteiger partial charge is 0.480 e. The summed E-state index contributed by atoms with van der Waals surface area (Å²) in [5.74, 6) is -0.970. The zero-order valence-corrected chi connectivity index (χ0v) is 10.7. The maximum absolute atomic E-state index is 11.1. The summed E-state index contributed by atoms with van der Waals surface area (Å²) in [6, 6.07) is 5.45. The summed E-state index contributed by atoms with van der Waals surface area (Å²) in [5.41, 5.74) is 0.658. The lowest BCUT2D eigenvalue weighted by molar-refractivity contribution is -0.383. The van der Waals surface area contributed by atoms with Crippen molar-refractivity contribution in [2.75, 3.05) is 5.32 Å². The van der Waals surface area contributed by atoms with Crippen molar-refractivity contribution in [2.24, 2.45) is 0 Å². The minimum Gasteiger partial charge on any atom is -0.480 e. The maximum Gasteiger partial charge on any atom is 0.326 e. The molecule has 0 radical (unpaired) electrons. The number of hydrogen-bond donors (Lipinski definition) is 2. The van der Waals surface area contributed by atoms with Crippen LogP contribution in [0.25, 0.3) is 10.9 Å². The molecule has 1 unspecified atom stereocenters. The van der Waals surface area contributed by atoms with E-state index < -0.39 is 16.9 Å². The number of pyridine rings is 1. The normalized spacial score (nSPS) is 12.1. The van der Waals surface area contributed by atoms with E-state index in [1.165, 1.54) is 12.3 Å². The highest BCUT2D eigenvalue weighted by atomic mass is 16.6. The van der Waals surface area contributed by atoms with Gasteiger partial charge in [-0.2, -0.15) is 0 Å². The molecule has 0 saturated heterocycles. The van der Waals surface area contributed by atoms with Crippen molar-refractivity contribution in [1.29, 1.82) is 0 Å². The molecule has 2 aromatic rings. The van der Waals surface area contributed by atoms with Crippen LogP contribution in [0, 0.1) is 10.1 Å². The molecule has 7 nitrogen and oxygen atoms in total. The number of rotatable bonds is 5. The van der Waals surface area contributed by atoms with Crippen LogP contribution >= 0.6 is 0 Å². The number of nitro groups is 1. The Morgan fingerprint density at radius 1 is 1.50 bits per heavy atom. The van der Waals surface area contributed by atoms with Crippen molar-refractivity contribution in [3.05, 3.63) is 40.6 Å². The Morgan fingerprint density at radius 3 is 2.85 bits per heavy atom. The van der Waals surface area contributed by atoms with Gasteiger partial charge >= 0.3 is 5.97 Å². The number of carbonyl (C=O) groups is 1. The second kappa shape index (κ2) is 5.52. The van der Waals surface area contributed by atoms with Gasteiger partial charge in [-0.25, -0.2) is 9.78 Å². The van der Waals surface area contributed by atoms with Gasteiger partial charge in [-0.05, 0) is 12.5 Å². The van der Waals surface area contributed by atoms with E-state index in [2.05, 4.69) is 10.3 Å². The third-order valence-corrected chi connectivity index (χ3v) is 2.98. The number of carboxylic acids is 1. The number of hydrogen-bond acceptors (Lipinski definition) is 5. The molecule has 0 fully saturated rings. The monoisotopic (exact) mass is 275 g/mol. The van der Waals surface area contributed by atoms with Crippen LogP contribution < -0.4 is 5.32 Å². The van der Waals surface area contributed by atoms with Crippen molar-refractivity contribution in [3.8, 4) is 0 Å². The van der Waals surface area contributed by atoms with Gasteiger partial charge in [-0.1, -0.05) is 19.1 Å². The van der Waals surface area contributed by atoms with Gasteiger partial charge in [0.25, 0.3) is 5.69 Å². The summed E-state index contributed by atoms with van der Waals surface area (Å²) in [6.45, 7) is 1.75. The van der Waals surface area contributed by atoms with Crippen LogP contribution in [0.5, 0.6) is 0 Å². The summed E-state index contributed by atoms with van der Waals surface area (Å²) in [6.07, 6.45) is 1.82. The number of benzene rings is 1. The molecule has 0 spiro atoms. The van der Waals surface area contributed by atoms with E-state index in [1.807, 2.05) is 0 Å². The molecule has 1 aromatic carbocycles. The van der Waals surface area contributed by atoms with Gasteiger partial charge in [-0.3, -0.25) is 10.1 Å². The highest BCUT2D eigenvalue weighted by molar-refractivity contribution is 5.97. The predicted octanol–water partition coefficient (Wildman–Crippen LogP) is 2.42. The molecular weight excluding hydrogens is 262 g/mol. The smallest absolute Gasteiger partial charge is 0.326 e. The number of nitrogens with one attached hydrogen (secondary N) is 1. The molecule has 7 heteroatoms. The van der Waals surface area contributed by atoms with E-state index >= 15 is 0 Å². The van der Waals surface area contributed by atoms with Crippen molar-refractivity contribution >= 4 is 28.2 Å². The first-order chi connectivity index (χ1) is 9.54. The number of nitrogens with zero attached hydrogens (tertiary/aromatic N) is 2. The molecular formula is C13H13N3O4. The standard InChI is InChI=1S/C13H13N3O4/c1-2-9(13(17)18)15-10-6-7-14-12-8(10)4-3-5-11(12)16(19)20/h3-7,9H,2H2,1H3,(H,14,15)(H,17,18). The molecule has 0 saturated carbocycles. The Kier molecular flexibility index (Phi) is 3.79. The van der Waals surface area contributed by atoms with E-state index in [9.17, 15) is 14.9 Å². The molecule has 1 heterocycles. The van der Waals surface area contributed by atoms with Crippen LogP contribution in [-0.4, -0.2) is 27.0 Å². The highest BCUT2D eigenvalue weighted by Crippen LogP contribution is 2.29. The third kappa shape index (κ3) is 2.51. The number of fused-ring (bicyclic) bond motifs is 1. The SMILES string of the molecule is CCC(Nc1ccnc2c([N+](=O)[O-])cccc12)C(=O)O. The first-order valence-electron chi connectivity index (χ1n) is 6.06. The summed E-state index contributed by atoms with van der Waals surface area (Å²) in [4.78, 5) is 25.5. The van der Waals surface area contributed by atoms with Gasteiger partial charge in [0.05, 0.1) is 4.92 Å². The van der Waals surface area contributed by atoms with Crippen LogP contribution in [0.2, 0.25) is 0 Å². The number of non-ortho nitro benzene ring substituents is 1. The van der Waals surface area contributed by atoms with Gasteiger partial charge in [-0.15, -0.1) is 0 Å². The number of nitro benzene ring substituents is 1. The molecule has 0 bridgehead atoms. The van der Waals surface area contributed by atoms with Gasteiger partial charge in [0, 0.05) is 23.3 Å². The Morgan fingerprint density at radius 2 is 2.25 bits per heavy atom. The zero-order valence-electron chi connectivity index (χ0n) is 10.7. The molecule has 0 aliphatic heterocycles. The summed E-state index contributed by atoms with van der Waals surface area (Å²) < 4.78 is 0. The highest BCUT2D eigenvalue weighted by Gasteiger charge is 2.18. The Labute approximate surface area is 114 Å². The first kappa shape index (κ1) is 13.7. The number of carboxylic acid groups (broad SMARTS) is 1. The lowest BCUT2D eigenvalue weighted by atomic mass is 10.1. The topological polar surface area (TPSA) is 105 Å². The predicted molar refractivity (Wildman–Crippen MR) is 73.7 cm³/mol. The van der Waals surface area contributed by atoms with Crippen molar-refractivity contribution in [1.82, 2.24) is 4.98 Å². The maximum atomic E-state index is 11.1. The van der Waals surface area contributed by atoms with Crippen LogP contribution in [0.3, 0.4) is 0 Å². The fourth-order valence-corrected chi connectivity index (χ4v) is 1.96. The molecule has 0 aliphatic rings. The Hall–Kier alpha value is -2.70. The lowest BCUT2D eigenvalue weighted by Crippen LogP contribution is -2.28. The number of para-hydroxylation sites is 1. The average molecular weight is 275 g/mol. The minimum absolute atomic E-state index is 0.102. The van der Waals surface area contributed by atoms with Crippen LogP contribution in [-0.2, 0) is 4.79 Å². The summed E-state index contributed by atoms with van der Waals surface area (Å²) in [5, 5.41) is 23.4. The average Bonchev–Trinajstić information content (AvgIpc) is 2.43. The molecule has 2 N–H and O–H groups in total. The second-order valence-corrected chi connectivity index (χ2v) is 4.23. The van der Waals surface area contributed by atoms with E-state index in [4.69, 9.17) is 5.11 Å². The fraction of sp³-hybridized carbons (Fsp3) is 0.231.